The van der Waals surface area contributed by atoms with E-state index in [0.717, 1.165) is 36.3 Å². The lowest BCUT2D eigenvalue weighted by atomic mass is 10.0. The summed E-state index contributed by atoms with van der Waals surface area (Å²) in [6.45, 7) is 2.15. The molecule has 0 amide bonds. The molecule has 0 fully saturated rings. The maximum Gasteiger partial charge on any atom is 0.0621 e. The lowest BCUT2D eigenvalue weighted by molar-refractivity contribution is 0.561. The number of pyridine rings is 1. The first-order valence-electron chi connectivity index (χ1n) is 5.08. The predicted octanol–water partition coefficient (Wildman–Crippen LogP) is 2.80. The van der Waals surface area contributed by atoms with E-state index in [4.69, 9.17) is 17.3 Å². The number of halogens is 1. The molecule has 2 nitrogen and oxygen atoms in total. The van der Waals surface area contributed by atoms with Crippen molar-refractivity contribution in [3.8, 4) is 0 Å². The molecule has 1 heterocycles. The molecule has 1 atom stereocenters. The third-order valence-corrected chi connectivity index (χ3v) is 2.64. The van der Waals surface area contributed by atoms with Crippen molar-refractivity contribution < 1.29 is 0 Å². The summed E-state index contributed by atoms with van der Waals surface area (Å²) in [4.78, 5) is 3.95. The van der Waals surface area contributed by atoms with Gasteiger partial charge in [0.2, 0.25) is 0 Å². The molecule has 0 aliphatic rings. The highest BCUT2D eigenvalue weighted by Gasteiger charge is 2.04. The van der Waals surface area contributed by atoms with Gasteiger partial charge < -0.3 is 5.73 Å². The Morgan fingerprint density at radius 1 is 1.50 bits per heavy atom. The molecule has 0 saturated heterocycles. The Balaban J connectivity index is 2.41. The topological polar surface area (TPSA) is 38.9 Å². The Bertz CT molecular complexity index is 276. The van der Waals surface area contributed by atoms with Crippen molar-refractivity contribution in [2.75, 3.05) is 0 Å². The van der Waals surface area contributed by atoms with E-state index >= 15 is 0 Å². The molecule has 0 bridgehead atoms. The third kappa shape index (κ3) is 3.64. The van der Waals surface area contributed by atoms with Crippen molar-refractivity contribution in [1.29, 1.82) is 0 Å². The second kappa shape index (κ2) is 5.99. The van der Waals surface area contributed by atoms with E-state index in [1.54, 1.807) is 12.4 Å². The van der Waals surface area contributed by atoms with Gasteiger partial charge in [-0.2, -0.15) is 0 Å². The lowest BCUT2D eigenvalue weighted by Gasteiger charge is -2.10. The molecule has 0 aliphatic carbocycles. The molecule has 0 spiro atoms. The van der Waals surface area contributed by atoms with Gasteiger partial charge in [-0.3, -0.25) is 4.98 Å². The summed E-state index contributed by atoms with van der Waals surface area (Å²) in [7, 11) is 0. The van der Waals surface area contributed by atoms with Gasteiger partial charge in [0.25, 0.3) is 0 Å². The zero-order valence-corrected chi connectivity index (χ0v) is 9.30. The van der Waals surface area contributed by atoms with Crippen LogP contribution in [-0.4, -0.2) is 11.0 Å². The number of hydrogen-bond acceptors (Lipinski definition) is 2. The van der Waals surface area contributed by atoms with Gasteiger partial charge in [-0.25, -0.2) is 0 Å². The second-order valence-electron chi connectivity index (χ2n) is 3.55. The Hall–Kier alpha value is -0.600. The fourth-order valence-electron chi connectivity index (χ4n) is 1.46. The first-order valence-corrected chi connectivity index (χ1v) is 5.45. The molecular formula is C11H17ClN2. The molecule has 1 aromatic heterocycles. The van der Waals surface area contributed by atoms with E-state index in [2.05, 4.69) is 11.9 Å². The highest BCUT2D eigenvalue weighted by Crippen LogP contribution is 2.16. The zero-order valence-electron chi connectivity index (χ0n) is 8.54. The molecule has 78 valence electrons. The van der Waals surface area contributed by atoms with Crippen LogP contribution in [0.3, 0.4) is 0 Å². The molecule has 3 heteroatoms. The predicted molar refractivity (Wildman–Crippen MR) is 60.5 cm³/mol. The van der Waals surface area contributed by atoms with Gasteiger partial charge in [0.05, 0.1) is 5.02 Å². The van der Waals surface area contributed by atoms with Crippen LogP contribution in [-0.2, 0) is 6.42 Å². The summed E-state index contributed by atoms with van der Waals surface area (Å²) in [5, 5.41) is 0.746. The molecule has 1 aromatic rings. The Morgan fingerprint density at radius 3 is 2.93 bits per heavy atom. The average molecular weight is 213 g/mol. The summed E-state index contributed by atoms with van der Waals surface area (Å²) in [6.07, 6.45) is 7.63. The minimum Gasteiger partial charge on any atom is -0.328 e. The van der Waals surface area contributed by atoms with Gasteiger partial charge in [0.15, 0.2) is 0 Å². The maximum atomic E-state index is 5.98. The first kappa shape index (κ1) is 11.5. The summed E-state index contributed by atoms with van der Waals surface area (Å²) in [5.74, 6) is 0. The molecule has 1 unspecified atom stereocenters. The highest BCUT2D eigenvalue weighted by atomic mass is 35.5. The minimum absolute atomic E-state index is 0.296. The molecule has 0 aromatic carbocycles. The molecule has 0 radical (unpaired) electrons. The summed E-state index contributed by atoms with van der Waals surface area (Å²) < 4.78 is 0. The SMILES string of the molecule is CCCC(N)CCc1ccncc1Cl. The van der Waals surface area contributed by atoms with Crippen LogP contribution >= 0.6 is 11.6 Å². The smallest absolute Gasteiger partial charge is 0.0621 e. The summed E-state index contributed by atoms with van der Waals surface area (Å²) >= 11 is 5.98. The maximum absolute atomic E-state index is 5.98. The zero-order chi connectivity index (χ0) is 10.4. The van der Waals surface area contributed by atoms with Gasteiger partial charge in [-0.1, -0.05) is 24.9 Å². The van der Waals surface area contributed by atoms with Crippen LogP contribution in [0, 0.1) is 0 Å². The Labute approximate surface area is 90.5 Å². The van der Waals surface area contributed by atoms with Crippen LogP contribution in [0.5, 0.6) is 0 Å². The van der Waals surface area contributed by atoms with Gasteiger partial charge in [-0.05, 0) is 30.9 Å². The average Bonchev–Trinajstić information content (AvgIpc) is 2.17. The van der Waals surface area contributed by atoms with E-state index in [-0.39, 0.29) is 0 Å². The number of aryl methyl sites for hydroxylation is 1. The summed E-state index contributed by atoms with van der Waals surface area (Å²) in [5.41, 5.74) is 7.07. The molecule has 2 N–H and O–H groups in total. The van der Waals surface area contributed by atoms with E-state index in [1.165, 1.54) is 0 Å². The van der Waals surface area contributed by atoms with Crippen LogP contribution in [0.2, 0.25) is 5.02 Å². The molecule has 0 saturated carbocycles. The monoisotopic (exact) mass is 212 g/mol. The van der Waals surface area contributed by atoms with Crippen molar-refractivity contribution in [1.82, 2.24) is 4.98 Å². The quantitative estimate of drug-likeness (QED) is 0.815. The van der Waals surface area contributed by atoms with E-state index in [0.29, 0.717) is 6.04 Å². The summed E-state index contributed by atoms with van der Waals surface area (Å²) in [6, 6.07) is 2.25. The van der Waals surface area contributed by atoms with Crippen LogP contribution in [0.25, 0.3) is 0 Å². The van der Waals surface area contributed by atoms with Crippen molar-refractivity contribution in [3.63, 3.8) is 0 Å². The van der Waals surface area contributed by atoms with Crippen molar-refractivity contribution in [3.05, 3.63) is 29.0 Å². The molecular weight excluding hydrogens is 196 g/mol. The number of aromatic nitrogens is 1. The molecule has 0 aliphatic heterocycles. The Kier molecular flexibility index (Phi) is 4.91. The lowest BCUT2D eigenvalue weighted by Crippen LogP contribution is -2.20. The molecule has 1 rings (SSSR count). The van der Waals surface area contributed by atoms with Gasteiger partial charge >= 0.3 is 0 Å². The Morgan fingerprint density at radius 2 is 2.29 bits per heavy atom. The van der Waals surface area contributed by atoms with Crippen LogP contribution < -0.4 is 5.73 Å². The van der Waals surface area contributed by atoms with E-state index in [9.17, 15) is 0 Å². The van der Waals surface area contributed by atoms with Crippen LogP contribution in [0.4, 0.5) is 0 Å². The van der Waals surface area contributed by atoms with Crippen molar-refractivity contribution >= 4 is 11.6 Å². The number of rotatable bonds is 5. The second-order valence-corrected chi connectivity index (χ2v) is 3.96. The fraction of sp³-hybridized carbons (Fsp3) is 0.545. The van der Waals surface area contributed by atoms with Crippen LogP contribution in [0.15, 0.2) is 18.5 Å². The van der Waals surface area contributed by atoms with Crippen LogP contribution in [0.1, 0.15) is 31.7 Å². The van der Waals surface area contributed by atoms with Gasteiger partial charge in [0.1, 0.15) is 0 Å². The standard InChI is InChI=1S/C11H17ClN2/c1-2-3-10(13)5-4-9-6-7-14-8-11(9)12/h6-8,10H,2-5,13H2,1H3. The van der Waals surface area contributed by atoms with Crippen molar-refractivity contribution in [2.24, 2.45) is 5.73 Å². The largest absolute Gasteiger partial charge is 0.328 e. The first-order chi connectivity index (χ1) is 6.74. The van der Waals surface area contributed by atoms with Crippen molar-refractivity contribution in [2.45, 2.75) is 38.6 Å². The third-order valence-electron chi connectivity index (χ3n) is 2.30. The molecule has 14 heavy (non-hydrogen) atoms. The fourth-order valence-corrected chi connectivity index (χ4v) is 1.68. The van der Waals surface area contributed by atoms with E-state index < -0.39 is 0 Å². The van der Waals surface area contributed by atoms with Gasteiger partial charge in [0, 0.05) is 18.4 Å². The highest BCUT2D eigenvalue weighted by molar-refractivity contribution is 6.31. The normalized spacial score (nSPS) is 12.8. The number of nitrogens with two attached hydrogens (primary N) is 1. The number of hydrogen-bond donors (Lipinski definition) is 1. The minimum atomic E-state index is 0.296. The van der Waals surface area contributed by atoms with E-state index in [1.807, 2.05) is 6.07 Å². The van der Waals surface area contributed by atoms with Gasteiger partial charge in [-0.15, -0.1) is 0 Å². The number of nitrogens with zero attached hydrogens (tertiary/aromatic N) is 1.